The molecule has 0 radical (unpaired) electrons. The summed E-state index contributed by atoms with van der Waals surface area (Å²) in [6, 6.07) is 0. The maximum atomic E-state index is 10.9. The van der Waals surface area contributed by atoms with Crippen LogP contribution >= 0.6 is 11.3 Å². The third-order valence-corrected chi connectivity index (χ3v) is 5.29. The number of rotatable bonds is 3. The van der Waals surface area contributed by atoms with Gasteiger partial charge in [-0.25, -0.2) is 4.98 Å². The Balaban J connectivity index is 1.69. The highest BCUT2D eigenvalue weighted by atomic mass is 32.1. The number of ether oxygens (including phenoxy) is 2. The average Bonchev–Trinajstić information content (AvgIpc) is 3.03. The highest BCUT2D eigenvalue weighted by molar-refractivity contribution is 7.11. The fourth-order valence-corrected chi connectivity index (χ4v) is 4.13. The van der Waals surface area contributed by atoms with Crippen molar-refractivity contribution in [3.05, 3.63) is 16.1 Å². The van der Waals surface area contributed by atoms with E-state index < -0.39 is 11.4 Å². The van der Waals surface area contributed by atoms with Gasteiger partial charge in [0.2, 0.25) is 0 Å². The minimum absolute atomic E-state index is 0.427. The Bertz CT molecular complexity index is 459. The van der Waals surface area contributed by atoms with Crippen molar-refractivity contribution in [3.63, 3.8) is 0 Å². The maximum Gasteiger partial charge on any atom is 0.168 e. The van der Waals surface area contributed by atoms with Crippen molar-refractivity contribution < 1.29 is 14.6 Å². The molecule has 6 heteroatoms. The van der Waals surface area contributed by atoms with Gasteiger partial charge in [-0.3, -0.25) is 0 Å². The molecule has 5 nitrogen and oxygen atoms in total. The highest BCUT2D eigenvalue weighted by Crippen LogP contribution is 2.46. The molecule has 1 aliphatic carbocycles. The van der Waals surface area contributed by atoms with E-state index in [4.69, 9.17) is 9.47 Å². The third-order valence-electron chi connectivity index (χ3n) is 4.12. The summed E-state index contributed by atoms with van der Waals surface area (Å²) in [5, 5.41) is 11.9. The van der Waals surface area contributed by atoms with Crippen LogP contribution in [0.15, 0.2) is 6.20 Å². The van der Waals surface area contributed by atoms with Crippen LogP contribution in [-0.4, -0.2) is 48.1 Å². The van der Waals surface area contributed by atoms with E-state index in [1.54, 1.807) is 11.3 Å². The molecule has 0 amide bonds. The van der Waals surface area contributed by atoms with Gasteiger partial charge in [0.1, 0.15) is 10.6 Å². The molecule has 20 heavy (non-hydrogen) atoms. The van der Waals surface area contributed by atoms with Crippen LogP contribution in [0.1, 0.15) is 35.6 Å². The van der Waals surface area contributed by atoms with Gasteiger partial charge in [-0.05, 0) is 26.9 Å². The summed E-state index contributed by atoms with van der Waals surface area (Å²) in [4.78, 5) is 7.48. The predicted molar refractivity (Wildman–Crippen MR) is 76.5 cm³/mol. The summed E-state index contributed by atoms with van der Waals surface area (Å²) in [5.74, 6) is -0.427. The Labute approximate surface area is 123 Å². The smallest absolute Gasteiger partial charge is 0.168 e. The van der Waals surface area contributed by atoms with Crippen molar-refractivity contribution in [2.24, 2.45) is 0 Å². The zero-order chi connectivity index (χ0) is 14.2. The highest BCUT2D eigenvalue weighted by Gasteiger charge is 2.46. The second kappa shape index (κ2) is 5.35. The molecule has 1 aromatic heterocycles. The number of hydrogen-bond donors (Lipinski definition) is 1. The molecule has 0 unspecified atom stereocenters. The lowest BCUT2D eigenvalue weighted by Crippen LogP contribution is -2.41. The van der Waals surface area contributed by atoms with Crippen LogP contribution in [0.3, 0.4) is 0 Å². The van der Waals surface area contributed by atoms with Crippen LogP contribution < -0.4 is 0 Å². The fraction of sp³-hybridized carbons (Fsp3) is 0.786. The van der Waals surface area contributed by atoms with E-state index in [-0.39, 0.29) is 0 Å². The normalized spacial score (nSPS) is 24.6. The van der Waals surface area contributed by atoms with Crippen LogP contribution in [0.2, 0.25) is 0 Å². The third kappa shape index (κ3) is 2.76. The molecule has 2 fully saturated rings. The van der Waals surface area contributed by atoms with Gasteiger partial charge in [0, 0.05) is 25.6 Å². The van der Waals surface area contributed by atoms with E-state index in [9.17, 15) is 5.11 Å². The van der Waals surface area contributed by atoms with Gasteiger partial charge in [-0.2, -0.15) is 0 Å². The van der Waals surface area contributed by atoms with E-state index in [0.717, 1.165) is 29.3 Å². The van der Waals surface area contributed by atoms with E-state index in [2.05, 4.69) is 9.88 Å². The minimum atomic E-state index is -0.761. The number of thiazole rings is 1. The van der Waals surface area contributed by atoms with Crippen molar-refractivity contribution in [1.29, 1.82) is 0 Å². The number of nitrogens with zero attached hydrogens (tertiary/aromatic N) is 2. The Kier molecular flexibility index (Phi) is 3.85. The van der Waals surface area contributed by atoms with Gasteiger partial charge >= 0.3 is 0 Å². The topological polar surface area (TPSA) is 54.8 Å². The SMILES string of the molecule is CN(C)Cc1ncc(C2(O)CCC3(CC2)OCCO3)s1. The van der Waals surface area contributed by atoms with E-state index in [1.165, 1.54) is 0 Å². The Morgan fingerprint density at radius 3 is 2.50 bits per heavy atom. The van der Waals surface area contributed by atoms with Crippen molar-refractivity contribution in [1.82, 2.24) is 9.88 Å². The lowest BCUT2D eigenvalue weighted by molar-refractivity contribution is -0.203. The standard InChI is InChI=1S/C14H22N2O3S/c1-16(2)10-12-15-9-11(20-12)13(17)3-5-14(6-4-13)18-7-8-19-14/h9,17H,3-8,10H2,1-2H3. The molecule has 3 rings (SSSR count). The van der Waals surface area contributed by atoms with Crippen LogP contribution in [0.4, 0.5) is 0 Å². The van der Waals surface area contributed by atoms with Crippen molar-refractivity contribution >= 4 is 11.3 Å². The Hall–Kier alpha value is -0.530. The molecule has 0 bridgehead atoms. The largest absolute Gasteiger partial charge is 0.384 e. The van der Waals surface area contributed by atoms with Crippen molar-refractivity contribution in [3.8, 4) is 0 Å². The summed E-state index contributed by atoms with van der Waals surface area (Å²) in [7, 11) is 4.05. The monoisotopic (exact) mass is 298 g/mol. The van der Waals surface area contributed by atoms with Crippen LogP contribution in [0.5, 0.6) is 0 Å². The minimum Gasteiger partial charge on any atom is -0.384 e. The molecule has 112 valence electrons. The van der Waals surface area contributed by atoms with E-state index in [1.807, 2.05) is 20.3 Å². The Morgan fingerprint density at radius 2 is 1.90 bits per heavy atom. The summed E-state index contributed by atoms with van der Waals surface area (Å²) in [5.41, 5.74) is -0.761. The summed E-state index contributed by atoms with van der Waals surface area (Å²) in [6.07, 6.45) is 4.69. The van der Waals surface area contributed by atoms with Crippen LogP contribution in [-0.2, 0) is 21.6 Å². The van der Waals surface area contributed by atoms with E-state index >= 15 is 0 Å². The lowest BCUT2D eigenvalue weighted by Gasteiger charge is -2.39. The fourth-order valence-electron chi connectivity index (χ4n) is 2.95. The zero-order valence-electron chi connectivity index (χ0n) is 12.1. The number of hydrogen-bond acceptors (Lipinski definition) is 6. The molecule has 1 aromatic rings. The number of aliphatic hydroxyl groups is 1. The molecular weight excluding hydrogens is 276 g/mol. The molecule has 2 heterocycles. The summed E-state index contributed by atoms with van der Waals surface area (Å²) in [6.45, 7) is 2.16. The molecule has 1 saturated heterocycles. The molecule has 2 aliphatic rings. The summed E-state index contributed by atoms with van der Waals surface area (Å²) >= 11 is 1.61. The van der Waals surface area contributed by atoms with Crippen molar-refractivity contribution in [2.45, 2.75) is 43.6 Å². The van der Waals surface area contributed by atoms with Gasteiger partial charge in [-0.15, -0.1) is 11.3 Å². The van der Waals surface area contributed by atoms with Crippen molar-refractivity contribution in [2.75, 3.05) is 27.3 Å². The first-order chi connectivity index (χ1) is 9.51. The Morgan fingerprint density at radius 1 is 1.25 bits per heavy atom. The average molecular weight is 298 g/mol. The maximum absolute atomic E-state index is 10.9. The first-order valence-electron chi connectivity index (χ1n) is 7.12. The first-order valence-corrected chi connectivity index (χ1v) is 7.93. The molecule has 1 saturated carbocycles. The number of aromatic nitrogens is 1. The second-order valence-corrected chi connectivity index (χ2v) is 7.11. The van der Waals surface area contributed by atoms with Crippen LogP contribution in [0.25, 0.3) is 0 Å². The molecule has 1 N–H and O–H groups in total. The quantitative estimate of drug-likeness (QED) is 0.920. The molecular formula is C14H22N2O3S. The molecule has 1 aliphatic heterocycles. The van der Waals surface area contributed by atoms with Gasteiger partial charge in [0.15, 0.2) is 5.79 Å². The van der Waals surface area contributed by atoms with Gasteiger partial charge in [-0.1, -0.05) is 0 Å². The van der Waals surface area contributed by atoms with Crippen LogP contribution in [0, 0.1) is 0 Å². The molecule has 0 atom stereocenters. The molecule has 0 aromatic carbocycles. The van der Waals surface area contributed by atoms with E-state index in [0.29, 0.717) is 26.1 Å². The first kappa shape index (κ1) is 14.4. The van der Waals surface area contributed by atoms with Gasteiger partial charge < -0.3 is 19.5 Å². The summed E-state index contributed by atoms with van der Waals surface area (Å²) < 4.78 is 11.4. The van der Waals surface area contributed by atoms with Gasteiger partial charge in [0.25, 0.3) is 0 Å². The zero-order valence-corrected chi connectivity index (χ0v) is 12.9. The van der Waals surface area contributed by atoms with Gasteiger partial charge in [0.05, 0.1) is 18.1 Å². The lowest BCUT2D eigenvalue weighted by atomic mass is 9.80. The molecule has 1 spiro atoms. The second-order valence-electron chi connectivity index (χ2n) is 6.00. The predicted octanol–water partition coefficient (Wildman–Crippen LogP) is 1.71.